The summed E-state index contributed by atoms with van der Waals surface area (Å²) in [5.41, 5.74) is 8.45. The minimum absolute atomic E-state index is 0. The number of benzene rings is 1. The standard InChI is InChI=1S/C16H20N4O.ClH/c17-9-12-4-6-13(7-5-12)16(21)20-8-2-1-3-15(20)14-10-18-19-11-14;/h4-7,10-11,15H,1-3,8-9,17H2,(H,18,19);1H. The Morgan fingerprint density at radius 1 is 1.32 bits per heavy atom. The van der Waals surface area contributed by atoms with Crippen molar-refractivity contribution in [3.05, 3.63) is 53.3 Å². The van der Waals surface area contributed by atoms with Gasteiger partial charge in [0.2, 0.25) is 0 Å². The van der Waals surface area contributed by atoms with Crippen LogP contribution in [0.25, 0.3) is 0 Å². The van der Waals surface area contributed by atoms with Crippen LogP contribution < -0.4 is 5.73 Å². The molecule has 2 aromatic rings. The minimum atomic E-state index is 0. The van der Waals surface area contributed by atoms with Crippen molar-refractivity contribution in [3.63, 3.8) is 0 Å². The third kappa shape index (κ3) is 3.31. The predicted octanol–water partition coefficient (Wildman–Crippen LogP) is 2.66. The Morgan fingerprint density at radius 3 is 2.73 bits per heavy atom. The summed E-state index contributed by atoms with van der Waals surface area (Å²) in [6.07, 6.45) is 6.89. The van der Waals surface area contributed by atoms with Gasteiger partial charge in [-0.2, -0.15) is 5.10 Å². The second kappa shape index (κ2) is 7.42. The largest absolute Gasteiger partial charge is 0.331 e. The van der Waals surface area contributed by atoms with Gasteiger partial charge in [0, 0.05) is 30.4 Å². The van der Waals surface area contributed by atoms with E-state index in [1.807, 2.05) is 41.6 Å². The van der Waals surface area contributed by atoms with E-state index in [-0.39, 0.29) is 24.4 Å². The molecule has 0 saturated carbocycles. The van der Waals surface area contributed by atoms with Crippen LogP contribution in [0.2, 0.25) is 0 Å². The Bertz CT molecular complexity index is 597. The summed E-state index contributed by atoms with van der Waals surface area (Å²) in [5, 5.41) is 6.85. The number of carbonyl (C=O) groups is 1. The van der Waals surface area contributed by atoms with Gasteiger partial charge in [0.15, 0.2) is 0 Å². The molecule has 3 N–H and O–H groups in total. The Kier molecular flexibility index (Phi) is 5.57. The van der Waals surface area contributed by atoms with E-state index >= 15 is 0 Å². The van der Waals surface area contributed by atoms with Crippen molar-refractivity contribution >= 4 is 18.3 Å². The zero-order valence-electron chi connectivity index (χ0n) is 12.4. The number of amides is 1. The molecule has 1 amide bonds. The van der Waals surface area contributed by atoms with Crippen molar-refractivity contribution in [1.29, 1.82) is 0 Å². The lowest BCUT2D eigenvalue weighted by atomic mass is 9.96. The molecular weight excluding hydrogens is 300 g/mol. The fourth-order valence-electron chi connectivity index (χ4n) is 2.91. The maximum Gasteiger partial charge on any atom is 0.254 e. The van der Waals surface area contributed by atoms with Crippen molar-refractivity contribution in [2.75, 3.05) is 6.54 Å². The second-order valence-corrected chi connectivity index (χ2v) is 5.44. The van der Waals surface area contributed by atoms with E-state index in [1.165, 1.54) is 0 Å². The van der Waals surface area contributed by atoms with Crippen molar-refractivity contribution in [2.24, 2.45) is 5.73 Å². The Balaban J connectivity index is 0.00000176. The van der Waals surface area contributed by atoms with Crippen LogP contribution in [0, 0.1) is 0 Å². The lowest BCUT2D eigenvalue weighted by molar-refractivity contribution is 0.0611. The number of aromatic amines is 1. The number of aromatic nitrogens is 2. The summed E-state index contributed by atoms with van der Waals surface area (Å²) in [4.78, 5) is 14.7. The van der Waals surface area contributed by atoms with E-state index in [9.17, 15) is 4.79 Å². The van der Waals surface area contributed by atoms with Gasteiger partial charge in [0.05, 0.1) is 12.2 Å². The second-order valence-electron chi connectivity index (χ2n) is 5.44. The van der Waals surface area contributed by atoms with Crippen molar-refractivity contribution in [3.8, 4) is 0 Å². The molecule has 5 nitrogen and oxygen atoms in total. The maximum absolute atomic E-state index is 12.8. The minimum Gasteiger partial charge on any atom is -0.331 e. The molecule has 118 valence electrons. The number of hydrogen-bond donors (Lipinski definition) is 2. The molecule has 0 bridgehead atoms. The number of rotatable bonds is 3. The SMILES string of the molecule is Cl.NCc1ccc(C(=O)N2CCCCC2c2cn[nH]c2)cc1. The van der Waals surface area contributed by atoms with Crippen molar-refractivity contribution in [1.82, 2.24) is 15.1 Å². The quantitative estimate of drug-likeness (QED) is 0.913. The summed E-state index contributed by atoms with van der Waals surface area (Å²) in [5.74, 6) is 0.0875. The molecule has 0 aliphatic carbocycles. The average Bonchev–Trinajstić information content (AvgIpc) is 3.08. The molecule has 1 aromatic carbocycles. The number of H-pyrrole nitrogens is 1. The first-order chi connectivity index (χ1) is 10.3. The van der Waals surface area contributed by atoms with Crippen LogP contribution in [0.5, 0.6) is 0 Å². The predicted molar refractivity (Wildman–Crippen MR) is 87.8 cm³/mol. The number of halogens is 1. The highest BCUT2D eigenvalue weighted by molar-refractivity contribution is 5.94. The highest BCUT2D eigenvalue weighted by Gasteiger charge is 2.29. The van der Waals surface area contributed by atoms with Crippen LogP contribution in [0.15, 0.2) is 36.7 Å². The Morgan fingerprint density at radius 2 is 2.09 bits per heavy atom. The van der Waals surface area contributed by atoms with Crippen LogP contribution in [-0.4, -0.2) is 27.5 Å². The first-order valence-corrected chi connectivity index (χ1v) is 7.38. The van der Waals surface area contributed by atoms with E-state index in [0.29, 0.717) is 6.54 Å². The number of hydrogen-bond acceptors (Lipinski definition) is 3. The molecule has 1 unspecified atom stereocenters. The molecule has 1 aromatic heterocycles. The summed E-state index contributed by atoms with van der Waals surface area (Å²) >= 11 is 0. The van der Waals surface area contributed by atoms with Gasteiger partial charge in [-0.05, 0) is 37.0 Å². The molecule has 0 spiro atoms. The molecule has 1 saturated heterocycles. The summed E-state index contributed by atoms with van der Waals surface area (Å²) < 4.78 is 0. The number of likely N-dealkylation sites (tertiary alicyclic amines) is 1. The summed E-state index contributed by atoms with van der Waals surface area (Å²) in [7, 11) is 0. The number of nitrogens with one attached hydrogen (secondary N) is 1. The smallest absolute Gasteiger partial charge is 0.254 e. The third-order valence-electron chi connectivity index (χ3n) is 4.10. The lowest BCUT2D eigenvalue weighted by Gasteiger charge is -2.35. The topological polar surface area (TPSA) is 75.0 Å². The van der Waals surface area contributed by atoms with Crippen LogP contribution >= 0.6 is 12.4 Å². The van der Waals surface area contributed by atoms with Crippen LogP contribution in [-0.2, 0) is 6.54 Å². The average molecular weight is 321 g/mol. The van der Waals surface area contributed by atoms with Gasteiger partial charge < -0.3 is 10.6 Å². The summed E-state index contributed by atoms with van der Waals surface area (Å²) in [6.45, 7) is 1.29. The molecule has 1 aliphatic heterocycles. The van der Waals surface area contributed by atoms with Gasteiger partial charge in [0.1, 0.15) is 0 Å². The van der Waals surface area contributed by atoms with Crippen molar-refractivity contribution < 1.29 is 4.79 Å². The molecule has 22 heavy (non-hydrogen) atoms. The van der Waals surface area contributed by atoms with Crippen molar-refractivity contribution in [2.45, 2.75) is 31.8 Å². The Hall–Kier alpha value is -1.85. The first-order valence-electron chi connectivity index (χ1n) is 7.38. The Labute approximate surface area is 136 Å². The van der Waals surface area contributed by atoms with Gasteiger partial charge >= 0.3 is 0 Å². The molecule has 2 heterocycles. The molecule has 6 heteroatoms. The number of carbonyl (C=O) groups excluding carboxylic acids is 1. The zero-order chi connectivity index (χ0) is 14.7. The molecule has 1 aliphatic rings. The fraction of sp³-hybridized carbons (Fsp3) is 0.375. The fourth-order valence-corrected chi connectivity index (χ4v) is 2.91. The van der Waals surface area contributed by atoms with E-state index in [0.717, 1.165) is 42.5 Å². The highest BCUT2D eigenvalue weighted by Crippen LogP contribution is 2.31. The third-order valence-corrected chi connectivity index (χ3v) is 4.10. The van der Waals surface area contributed by atoms with E-state index < -0.39 is 0 Å². The first kappa shape index (κ1) is 16.5. The van der Waals surface area contributed by atoms with Gasteiger partial charge in [-0.3, -0.25) is 9.89 Å². The molecular formula is C16H21ClN4O. The summed E-state index contributed by atoms with van der Waals surface area (Å²) in [6, 6.07) is 7.70. The maximum atomic E-state index is 12.8. The normalized spacial score (nSPS) is 17.9. The lowest BCUT2D eigenvalue weighted by Crippen LogP contribution is -2.38. The van der Waals surface area contributed by atoms with Gasteiger partial charge in [-0.25, -0.2) is 0 Å². The van der Waals surface area contributed by atoms with Gasteiger partial charge in [-0.1, -0.05) is 12.1 Å². The number of nitrogens with zero attached hydrogens (tertiary/aromatic N) is 2. The monoisotopic (exact) mass is 320 g/mol. The number of piperidine rings is 1. The highest BCUT2D eigenvalue weighted by atomic mass is 35.5. The van der Waals surface area contributed by atoms with E-state index in [2.05, 4.69) is 10.2 Å². The van der Waals surface area contributed by atoms with Gasteiger partial charge in [-0.15, -0.1) is 12.4 Å². The molecule has 3 rings (SSSR count). The van der Waals surface area contributed by atoms with Crippen LogP contribution in [0.1, 0.15) is 46.8 Å². The molecule has 0 radical (unpaired) electrons. The van der Waals surface area contributed by atoms with Crippen LogP contribution in [0.3, 0.4) is 0 Å². The van der Waals surface area contributed by atoms with Crippen LogP contribution in [0.4, 0.5) is 0 Å². The van der Waals surface area contributed by atoms with E-state index in [4.69, 9.17) is 5.73 Å². The van der Waals surface area contributed by atoms with Gasteiger partial charge in [0.25, 0.3) is 5.91 Å². The zero-order valence-corrected chi connectivity index (χ0v) is 13.2. The molecule has 1 atom stereocenters. The molecule has 1 fully saturated rings. The van der Waals surface area contributed by atoms with E-state index in [1.54, 1.807) is 0 Å². The number of nitrogens with two attached hydrogens (primary N) is 1.